The fourth-order valence-corrected chi connectivity index (χ4v) is 7.03. The quantitative estimate of drug-likeness (QED) is 0.462. The lowest BCUT2D eigenvalue weighted by atomic mass is 9.54. The highest BCUT2D eigenvalue weighted by Crippen LogP contribution is 2.58. The van der Waals surface area contributed by atoms with Gasteiger partial charge in [0.15, 0.2) is 0 Å². The van der Waals surface area contributed by atoms with Crippen LogP contribution < -0.4 is 0 Å². The lowest BCUT2D eigenvalue weighted by Gasteiger charge is -2.51. The Hall–Kier alpha value is -0.860. The van der Waals surface area contributed by atoms with E-state index in [1.54, 1.807) is 16.7 Å². The van der Waals surface area contributed by atoms with E-state index in [4.69, 9.17) is 4.84 Å². The van der Waals surface area contributed by atoms with Crippen LogP contribution in [-0.4, -0.2) is 23.3 Å². The summed E-state index contributed by atoms with van der Waals surface area (Å²) in [6.45, 7) is 17.5. The maximum Gasteiger partial charge on any atom is 0.0938 e. The Kier molecular flexibility index (Phi) is 7.16. The Morgan fingerprint density at radius 3 is 1.97 bits per heavy atom. The summed E-state index contributed by atoms with van der Waals surface area (Å²) in [5.74, 6) is 1.34. The SMILES string of the molecule is CCc1cccc(CC)c1C1(CC)CC(CC)C2C(C1)C(CC)(CC)ON2CC. The molecule has 1 saturated heterocycles. The third kappa shape index (κ3) is 3.59. The first-order valence-corrected chi connectivity index (χ1v) is 12.6. The number of hydrogen-bond acceptors (Lipinski definition) is 2. The lowest BCUT2D eigenvalue weighted by Crippen LogP contribution is -2.51. The van der Waals surface area contributed by atoms with Crippen molar-refractivity contribution in [2.75, 3.05) is 6.54 Å². The maximum absolute atomic E-state index is 6.80. The van der Waals surface area contributed by atoms with Crippen molar-refractivity contribution in [3.63, 3.8) is 0 Å². The molecule has 2 aliphatic rings. The minimum atomic E-state index is 0.0163. The Labute approximate surface area is 180 Å². The molecule has 4 atom stereocenters. The molecule has 0 aromatic heterocycles. The van der Waals surface area contributed by atoms with Gasteiger partial charge in [-0.3, -0.25) is 4.84 Å². The van der Waals surface area contributed by atoms with Gasteiger partial charge in [-0.2, -0.15) is 5.06 Å². The summed E-state index contributed by atoms with van der Waals surface area (Å²) >= 11 is 0. The molecule has 1 saturated carbocycles. The van der Waals surface area contributed by atoms with E-state index in [1.165, 1.54) is 25.7 Å². The molecule has 3 rings (SSSR count). The van der Waals surface area contributed by atoms with Crippen LogP contribution >= 0.6 is 0 Å². The molecule has 164 valence electrons. The van der Waals surface area contributed by atoms with Gasteiger partial charge < -0.3 is 0 Å². The normalized spacial score (nSPS) is 31.8. The molecule has 1 aliphatic heterocycles. The number of rotatable bonds is 8. The van der Waals surface area contributed by atoms with Gasteiger partial charge in [0, 0.05) is 18.5 Å². The molecule has 1 aromatic carbocycles. The third-order valence-corrected chi connectivity index (χ3v) is 8.71. The highest BCUT2D eigenvalue weighted by atomic mass is 16.7. The minimum absolute atomic E-state index is 0.0163. The average molecular weight is 400 g/mol. The highest BCUT2D eigenvalue weighted by molar-refractivity contribution is 5.43. The van der Waals surface area contributed by atoms with Gasteiger partial charge in [-0.25, -0.2) is 0 Å². The van der Waals surface area contributed by atoms with Crippen molar-refractivity contribution >= 4 is 0 Å². The summed E-state index contributed by atoms with van der Waals surface area (Å²) in [4.78, 5) is 6.80. The van der Waals surface area contributed by atoms with Crippen molar-refractivity contribution in [2.45, 2.75) is 117 Å². The van der Waals surface area contributed by atoms with Crippen LogP contribution in [0.4, 0.5) is 0 Å². The zero-order chi connectivity index (χ0) is 21.2. The van der Waals surface area contributed by atoms with Crippen molar-refractivity contribution in [2.24, 2.45) is 11.8 Å². The summed E-state index contributed by atoms with van der Waals surface area (Å²) < 4.78 is 0. The molecule has 4 unspecified atom stereocenters. The van der Waals surface area contributed by atoms with Gasteiger partial charge in [0.05, 0.1) is 5.60 Å². The molecule has 1 heterocycles. The number of nitrogens with zero attached hydrogens (tertiary/aromatic N) is 1. The monoisotopic (exact) mass is 399 g/mol. The van der Waals surface area contributed by atoms with E-state index in [2.05, 4.69) is 71.7 Å². The predicted octanol–water partition coefficient (Wildman–Crippen LogP) is 7.09. The van der Waals surface area contributed by atoms with Gasteiger partial charge in [-0.05, 0) is 73.0 Å². The summed E-state index contributed by atoms with van der Waals surface area (Å²) in [5.41, 5.74) is 5.19. The average Bonchev–Trinajstić information content (AvgIpc) is 3.11. The number of hydroxylamine groups is 2. The number of hydrogen-bond donors (Lipinski definition) is 0. The topological polar surface area (TPSA) is 12.5 Å². The van der Waals surface area contributed by atoms with Crippen LogP contribution in [0.3, 0.4) is 0 Å². The number of fused-ring (bicyclic) bond motifs is 1. The van der Waals surface area contributed by atoms with Crippen molar-refractivity contribution in [3.05, 3.63) is 34.9 Å². The first-order chi connectivity index (χ1) is 14.0. The van der Waals surface area contributed by atoms with Crippen LogP contribution in [0.25, 0.3) is 0 Å². The van der Waals surface area contributed by atoms with Gasteiger partial charge in [-0.15, -0.1) is 0 Å². The molecule has 0 bridgehead atoms. The zero-order valence-electron chi connectivity index (χ0n) is 20.2. The summed E-state index contributed by atoms with van der Waals surface area (Å²) in [7, 11) is 0. The molecule has 29 heavy (non-hydrogen) atoms. The molecule has 0 amide bonds. The largest absolute Gasteiger partial charge is 0.292 e. The molecule has 1 aliphatic carbocycles. The van der Waals surface area contributed by atoms with Crippen LogP contribution in [0.2, 0.25) is 0 Å². The zero-order valence-corrected chi connectivity index (χ0v) is 20.2. The molecular weight excluding hydrogens is 354 g/mol. The van der Waals surface area contributed by atoms with Gasteiger partial charge >= 0.3 is 0 Å². The molecule has 1 aromatic rings. The second-order valence-corrected chi connectivity index (χ2v) is 9.56. The van der Waals surface area contributed by atoms with E-state index in [0.29, 0.717) is 23.3 Å². The smallest absolute Gasteiger partial charge is 0.0938 e. The van der Waals surface area contributed by atoms with E-state index in [1.807, 2.05) is 0 Å². The third-order valence-electron chi connectivity index (χ3n) is 8.71. The minimum Gasteiger partial charge on any atom is -0.292 e. The van der Waals surface area contributed by atoms with Crippen LogP contribution in [0, 0.1) is 11.8 Å². The van der Waals surface area contributed by atoms with Gasteiger partial charge in [0.1, 0.15) is 0 Å². The van der Waals surface area contributed by atoms with Gasteiger partial charge in [0.25, 0.3) is 0 Å². The molecule has 2 nitrogen and oxygen atoms in total. The van der Waals surface area contributed by atoms with E-state index >= 15 is 0 Å². The van der Waals surface area contributed by atoms with Crippen LogP contribution in [0.1, 0.15) is 104 Å². The lowest BCUT2D eigenvalue weighted by molar-refractivity contribution is -0.210. The van der Waals surface area contributed by atoms with Crippen LogP contribution in [-0.2, 0) is 23.1 Å². The maximum atomic E-state index is 6.80. The first kappa shape index (κ1) is 22.8. The Morgan fingerprint density at radius 1 is 0.897 bits per heavy atom. The summed E-state index contributed by atoms with van der Waals surface area (Å²) in [6, 6.07) is 7.67. The van der Waals surface area contributed by atoms with E-state index < -0.39 is 0 Å². The molecule has 0 spiro atoms. The Bertz CT molecular complexity index is 657. The van der Waals surface area contributed by atoms with Crippen LogP contribution in [0.15, 0.2) is 18.2 Å². The van der Waals surface area contributed by atoms with Crippen molar-refractivity contribution < 1.29 is 4.84 Å². The fraction of sp³-hybridized carbons (Fsp3) is 0.778. The predicted molar refractivity (Wildman–Crippen MR) is 124 cm³/mol. The van der Waals surface area contributed by atoms with Gasteiger partial charge in [-0.1, -0.05) is 73.1 Å². The van der Waals surface area contributed by atoms with E-state index in [0.717, 1.165) is 32.2 Å². The Balaban J connectivity index is 2.16. The number of aryl methyl sites for hydroxylation is 2. The summed E-state index contributed by atoms with van der Waals surface area (Å²) in [5, 5.41) is 2.39. The second-order valence-electron chi connectivity index (χ2n) is 9.56. The standard InChI is InChI=1S/C27H45NO/c1-8-20-16-15-17-21(9-2)24(20)26(11-4)18-22(10-3)25-23(19-26)27(12-5,13-6)29-28(25)14-7/h15-17,22-23,25H,8-14,18-19H2,1-7H3. The van der Waals surface area contributed by atoms with E-state index in [9.17, 15) is 0 Å². The summed E-state index contributed by atoms with van der Waals surface area (Å²) in [6.07, 6.45) is 9.61. The molecule has 0 N–H and O–H groups in total. The Morgan fingerprint density at radius 2 is 1.52 bits per heavy atom. The second kappa shape index (κ2) is 9.10. The molecule has 0 radical (unpaired) electrons. The highest BCUT2D eigenvalue weighted by Gasteiger charge is 2.59. The van der Waals surface area contributed by atoms with Gasteiger partial charge in [0.2, 0.25) is 0 Å². The molecule has 2 fully saturated rings. The molecular formula is C27H45NO. The fourth-order valence-electron chi connectivity index (χ4n) is 7.03. The number of benzene rings is 1. The molecule has 2 heteroatoms. The van der Waals surface area contributed by atoms with E-state index in [-0.39, 0.29) is 5.60 Å². The first-order valence-electron chi connectivity index (χ1n) is 12.6. The van der Waals surface area contributed by atoms with Crippen molar-refractivity contribution in [3.8, 4) is 0 Å². The van der Waals surface area contributed by atoms with Crippen LogP contribution in [0.5, 0.6) is 0 Å². The van der Waals surface area contributed by atoms with Crippen molar-refractivity contribution in [1.82, 2.24) is 5.06 Å². The van der Waals surface area contributed by atoms with Crippen molar-refractivity contribution in [1.29, 1.82) is 0 Å².